The molecule has 1 aliphatic heterocycles. The quantitative estimate of drug-likeness (QED) is 0.143. The van der Waals surface area contributed by atoms with Gasteiger partial charge < -0.3 is 30.9 Å². The van der Waals surface area contributed by atoms with Crippen molar-refractivity contribution in [2.45, 2.75) is 29.8 Å². The number of esters is 1. The van der Waals surface area contributed by atoms with Crippen LogP contribution in [-0.2, 0) is 19.6 Å². The lowest BCUT2D eigenvalue weighted by molar-refractivity contribution is -0.189. The molecule has 0 spiro atoms. The van der Waals surface area contributed by atoms with Gasteiger partial charge in [-0.15, -0.1) is 0 Å². The number of halogens is 3. The standard InChI is InChI=1S/C30H31F3N4O8S/c31-30(32,33)29(41)45-26-24(46(42,43)37-22-8-4-5-9-23(22)44-19-6-2-1-3-7-19)11-10-20(27(34)39)25(26)21(17-38)28(40)36-16-18-12-14-35-15-13-18/h1-11,18,21,35,37-38H,12-17H2,(H2,34,39)(H,36,40)/t21-/m1/s1. The molecule has 0 unspecified atom stereocenters. The maximum atomic E-state index is 13.8. The summed E-state index contributed by atoms with van der Waals surface area (Å²) < 4.78 is 80.4. The fourth-order valence-corrected chi connectivity index (χ4v) is 6.03. The highest BCUT2D eigenvalue weighted by Crippen LogP contribution is 2.40. The minimum absolute atomic E-state index is 0.00520. The number of hydrogen-bond acceptors (Lipinski definition) is 9. The van der Waals surface area contributed by atoms with Crippen LogP contribution in [0.5, 0.6) is 17.2 Å². The Morgan fingerprint density at radius 2 is 1.65 bits per heavy atom. The molecule has 1 saturated heterocycles. The summed E-state index contributed by atoms with van der Waals surface area (Å²) >= 11 is 0. The van der Waals surface area contributed by atoms with Crippen LogP contribution in [0, 0.1) is 5.92 Å². The van der Waals surface area contributed by atoms with Crippen molar-refractivity contribution in [3.63, 3.8) is 0 Å². The first-order chi connectivity index (χ1) is 21.8. The lowest BCUT2D eigenvalue weighted by atomic mass is 9.91. The Labute approximate surface area is 262 Å². The number of alkyl halides is 3. The van der Waals surface area contributed by atoms with E-state index in [1.54, 1.807) is 36.4 Å². The van der Waals surface area contributed by atoms with Gasteiger partial charge in [0.1, 0.15) is 10.6 Å². The number of primary amides is 1. The van der Waals surface area contributed by atoms with Gasteiger partial charge in [0, 0.05) is 17.7 Å². The lowest BCUT2D eigenvalue weighted by Crippen LogP contribution is -2.39. The molecule has 1 heterocycles. The van der Waals surface area contributed by atoms with Crippen LogP contribution in [0.3, 0.4) is 0 Å². The van der Waals surface area contributed by atoms with Crippen molar-refractivity contribution in [3.05, 3.63) is 77.9 Å². The van der Waals surface area contributed by atoms with Gasteiger partial charge >= 0.3 is 12.1 Å². The van der Waals surface area contributed by atoms with Crippen LogP contribution < -0.4 is 30.6 Å². The number of carbonyl (C=O) groups excluding carboxylic acids is 3. The number of ether oxygens (including phenoxy) is 2. The van der Waals surface area contributed by atoms with Gasteiger partial charge in [0.05, 0.1) is 18.2 Å². The molecule has 3 aromatic rings. The third kappa shape index (κ3) is 8.32. The lowest BCUT2D eigenvalue weighted by Gasteiger charge is -2.25. The van der Waals surface area contributed by atoms with Gasteiger partial charge in [-0.2, -0.15) is 13.2 Å². The number of rotatable bonds is 12. The molecule has 2 amide bonds. The summed E-state index contributed by atoms with van der Waals surface area (Å²) in [4.78, 5) is 36.8. The summed E-state index contributed by atoms with van der Waals surface area (Å²) in [5.74, 6) is -7.87. The van der Waals surface area contributed by atoms with Crippen molar-refractivity contribution in [1.29, 1.82) is 0 Å². The third-order valence-electron chi connectivity index (χ3n) is 7.11. The van der Waals surface area contributed by atoms with Crippen LogP contribution in [0.1, 0.15) is 34.7 Å². The fraction of sp³-hybridized carbons (Fsp3) is 0.300. The number of benzene rings is 3. The molecule has 0 saturated carbocycles. The van der Waals surface area contributed by atoms with Crippen LogP contribution in [0.4, 0.5) is 18.9 Å². The first kappa shape index (κ1) is 34.2. The minimum atomic E-state index is -5.61. The molecular weight excluding hydrogens is 633 g/mol. The van der Waals surface area contributed by atoms with E-state index in [1.807, 2.05) is 0 Å². The first-order valence-electron chi connectivity index (χ1n) is 14.0. The zero-order chi connectivity index (χ0) is 33.5. The van der Waals surface area contributed by atoms with Crippen molar-refractivity contribution in [2.24, 2.45) is 11.7 Å². The van der Waals surface area contributed by atoms with Crippen LogP contribution >= 0.6 is 0 Å². The second-order valence-electron chi connectivity index (χ2n) is 10.3. The SMILES string of the molecule is NC(=O)c1ccc(S(=O)(=O)Nc2ccccc2Oc2ccccc2)c(OC(=O)C(F)(F)F)c1[C@@H](CO)C(=O)NCC1CCNCC1. The molecule has 46 heavy (non-hydrogen) atoms. The summed E-state index contributed by atoms with van der Waals surface area (Å²) in [5, 5.41) is 16.0. The van der Waals surface area contributed by atoms with Gasteiger partial charge in [-0.05, 0) is 68.2 Å². The maximum Gasteiger partial charge on any atom is 0.491 e. The smallest absolute Gasteiger partial charge is 0.455 e. The van der Waals surface area contributed by atoms with Crippen molar-refractivity contribution >= 4 is 33.5 Å². The molecule has 1 fully saturated rings. The number of sulfonamides is 1. The molecule has 0 aromatic heterocycles. The Balaban J connectivity index is 1.81. The Hall–Kier alpha value is -4.67. The van der Waals surface area contributed by atoms with Crippen molar-refractivity contribution < 1.29 is 50.6 Å². The number of amides is 2. The zero-order valence-corrected chi connectivity index (χ0v) is 25.0. The monoisotopic (exact) mass is 664 g/mol. The van der Waals surface area contributed by atoms with Crippen molar-refractivity contribution in [2.75, 3.05) is 31.0 Å². The van der Waals surface area contributed by atoms with E-state index in [0.717, 1.165) is 6.07 Å². The average Bonchev–Trinajstić information content (AvgIpc) is 3.02. The Bertz CT molecular complexity index is 1680. The Morgan fingerprint density at radius 3 is 2.28 bits per heavy atom. The normalized spacial score (nSPS) is 14.6. The number of nitrogens with two attached hydrogens (primary N) is 1. The average molecular weight is 665 g/mol. The van der Waals surface area contributed by atoms with E-state index in [2.05, 4.69) is 20.1 Å². The molecule has 6 N–H and O–H groups in total. The number of para-hydroxylation sites is 3. The molecule has 1 atom stereocenters. The van der Waals surface area contributed by atoms with Crippen molar-refractivity contribution in [1.82, 2.24) is 10.6 Å². The van der Waals surface area contributed by atoms with Gasteiger partial charge in [-0.3, -0.25) is 14.3 Å². The molecule has 1 aliphatic rings. The van der Waals surface area contributed by atoms with Crippen LogP contribution in [-0.4, -0.2) is 63.7 Å². The number of anilines is 1. The van der Waals surface area contributed by atoms with E-state index < -0.39 is 68.3 Å². The van der Waals surface area contributed by atoms with E-state index >= 15 is 0 Å². The summed E-state index contributed by atoms with van der Waals surface area (Å²) in [7, 11) is -4.96. The number of hydrogen-bond donors (Lipinski definition) is 5. The highest BCUT2D eigenvalue weighted by Gasteiger charge is 2.44. The second-order valence-corrected chi connectivity index (χ2v) is 11.9. The Morgan fingerprint density at radius 1 is 1.00 bits per heavy atom. The largest absolute Gasteiger partial charge is 0.491 e. The number of nitrogens with one attached hydrogen (secondary N) is 3. The molecule has 3 aromatic carbocycles. The Kier molecular flexibility index (Phi) is 10.9. The van der Waals surface area contributed by atoms with Crippen molar-refractivity contribution in [3.8, 4) is 17.2 Å². The van der Waals surface area contributed by atoms with E-state index in [4.69, 9.17) is 10.5 Å². The zero-order valence-electron chi connectivity index (χ0n) is 24.2. The van der Waals surface area contributed by atoms with E-state index in [1.165, 1.54) is 18.2 Å². The second kappa shape index (κ2) is 14.6. The maximum absolute atomic E-state index is 13.8. The van der Waals surface area contributed by atoms with Gasteiger partial charge in [0.2, 0.25) is 11.8 Å². The first-order valence-corrected chi connectivity index (χ1v) is 15.5. The highest BCUT2D eigenvalue weighted by molar-refractivity contribution is 7.92. The number of aliphatic hydroxyl groups is 1. The number of carbonyl (C=O) groups is 3. The number of aliphatic hydroxyl groups excluding tert-OH is 1. The summed E-state index contributed by atoms with van der Waals surface area (Å²) in [5.41, 5.74) is 3.84. The highest BCUT2D eigenvalue weighted by atomic mass is 32.2. The van der Waals surface area contributed by atoms with Gasteiger partial charge in [0.25, 0.3) is 10.0 Å². The molecule has 246 valence electrons. The summed E-state index contributed by atoms with van der Waals surface area (Å²) in [6.07, 6.45) is -4.20. The predicted octanol–water partition coefficient (Wildman–Crippen LogP) is 3.04. The summed E-state index contributed by atoms with van der Waals surface area (Å²) in [6, 6.07) is 15.5. The molecule has 0 radical (unpaired) electrons. The minimum Gasteiger partial charge on any atom is -0.455 e. The third-order valence-corrected chi connectivity index (χ3v) is 8.50. The van der Waals surface area contributed by atoms with E-state index in [0.29, 0.717) is 37.7 Å². The predicted molar refractivity (Wildman–Crippen MR) is 159 cm³/mol. The van der Waals surface area contributed by atoms with Gasteiger partial charge in [-0.25, -0.2) is 13.2 Å². The van der Waals surface area contributed by atoms with Crippen LogP contribution in [0.25, 0.3) is 0 Å². The molecule has 0 aliphatic carbocycles. The van der Waals surface area contributed by atoms with Gasteiger partial charge in [0.15, 0.2) is 11.5 Å². The fourth-order valence-electron chi connectivity index (χ4n) is 4.82. The molecule has 4 rings (SSSR count). The van der Waals surface area contributed by atoms with E-state index in [9.17, 15) is 41.1 Å². The van der Waals surface area contributed by atoms with E-state index in [-0.39, 0.29) is 23.9 Å². The van der Waals surface area contributed by atoms with Crippen LogP contribution in [0.15, 0.2) is 71.6 Å². The van der Waals surface area contributed by atoms with Crippen LogP contribution in [0.2, 0.25) is 0 Å². The molecular formula is C30H31F3N4O8S. The summed E-state index contributed by atoms with van der Waals surface area (Å²) in [6.45, 7) is 0.400. The molecule has 0 bridgehead atoms. The molecule has 16 heteroatoms. The number of piperidine rings is 1. The van der Waals surface area contributed by atoms with Gasteiger partial charge in [-0.1, -0.05) is 30.3 Å². The topological polar surface area (TPSA) is 186 Å². The molecule has 12 nitrogen and oxygen atoms in total.